The summed E-state index contributed by atoms with van der Waals surface area (Å²) in [6.07, 6.45) is 3.50. The van der Waals surface area contributed by atoms with Gasteiger partial charge < -0.3 is 4.52 Å². The van der Waals surface area contributed by atoms with Gasteiger partial charge in [-0.1, -0.05) is 50.2 Å². The average molecular weight is 298 g/mol. The second-order valence-corrected chi connectivity index (χ2v) is 6.61. The van der Waals surface area contributed by atoms with Crippen molar-refractivity contribution in [1.82, 2.24) is 10.1 Å². The molecule has 0 amide bonds. The first-order valence-corrected chi connectivity index (χ1v) is 8.45. The zero-order valence-corrected chi connectivity index (χ0v) is 13.9. The summed E-state index contributed by atoms with van der Waals surface area (Å²) < 4.78 is 5.62. The summed E-state index contributed by atoms with van der Waals surface area (Å²) in [5.74, 6) is 1.46. The summed E-state index contributed by atoms with van der Waals surface area (Å²) in [5.41, 5.74) is 3.85. The maximum Gasteiger partial charge on any atom is 0.154 e. The molecule has 0 saturated carbocycles. The molecule has 118 valence electrons. The minimum atomic E-state index is 0.380. The van der Waals surface area contributed by atoms with E-state index in [1.54, 1.807) is 0 Å². The van der Waals surface area contributed by atoms with Crippen LogP contribution in [0.25, 0.3) is 0 Å². The third-order valence-corrected chi connectivity index (χ3v) is 4.65. The number of rotatable bonds is 5. The van der Waals surface area contributed by atoms with E-state index < -0.39 is 0 Å². The van der Waals surface area contributed by atoms with Crippen LogP contribution >= 0.6 is 0 Å². The highest BCUT2D eigenvalue weighted by atomic mass is 16.5. The van der Waals surface area contributed by atoms with Crippen molar-refractivity contribution in [1.29, 1.82) is 0 Å². The fourth-order valence-electron chi connectivity index (χ4n) is 3.19. The van der Waals surface area contributed by atoms with Crippen molar-refractivity contribution in [3.05, 3.63) is 52.9 Å². The number of likely N-dealkylation sites (tertiary alicyclic amines) is 1. The van der Waals surface area contributed by atoms with Gasteiger partial charge in [0, 0.05) is 12.6 Å². The summed E-state index contributed by atoms with van der Waals surface area (Å²) in [6.45, 7) is 8.64. The van der Waals surface area contributed by atoms with Gasteiger partial charge in [-0.05, 0) is 42.9 Å². The number of hydrogen-bond donors (Lipinski definition) is 0. The zero-order chi connectivity index (χ0) is 15.5. The van der Waals surface area contributed by atoms with Gasteiger partial charge >= 0.3 is 0 Å². The van der Waals surface area contributed by atoms with Gasteiger partial charge in [0.25, 0.3) is 0 Å². The third-order valence-electron chi connectivity index (χ3n) is 4.65. The quantitative estimate of drug-likeness (QED) is 0.801. The Balaban J connectivity index is 1.71. The molecule has 0 radical (unpaired) electrons. The molecule has 0 aliphatic carbocycles. The van der Waals surface area contributed by atoms with E-state index in [0.717, 1.165) is 31.0 Å². The monoisotopic (exact) mass is 298 g/mol. The molecule has 22 heavy (non-hydrogen) atoms. The first-order chi connectivity index (χ1) is 10.7. The Hall–Kier alpha value is -1.61. The molecule has 2 aromatic rings. The molecular formula is C19H26N2O. The lowest BCUT2D eigenvalue weighted by atomic mass is 10.1. The van der Waals surface area contributed by atoms with Gasteiger partial charge in [-0.15, -0.1) is 0 Å². The minimum absolute atomic E-state index is 0.380. The highest BCUT2D eigenvalue weighted by molar-refractivity contribution is 5.23. The zero-order valence-electron chi connectivity index (χ0n) is 13.9. The van der Waals surface area contributed by atoms with Crippen molar-refractivity contribution >= 4 is 0 Å². The van der Waals surface area contributed by atoms with Crippen LogP contribution in [0.4, 0.5) is 0 Å². The van der Waals surface area contributed by atoms with Crippen molar-refractivity contribution in [3.8, 4) is 0 Å². The molecule has 1 aromatic carbocycles. The van der Waals surface area contributed by atoms with E-state index in [2.05, 4.69) is 61.2 Å². The molecule has 3 nitrogen and oxygen atoms in total. The number of nitrogens with zero attached hydrogens (tertiary/aromatic N) is 2. The molecule has 3 rings (SSSR count). The van der Waals surface area contributed by atoms with Gasteiger partial charge in [0.05, 0.1) is 11.7 Å². The van der Waals surface area contributed by atoms with Gasteiger partial charge in [-0.3, -0.25) is 4.90 Å². The Morgan fingerprint density at radius 2 is 1.95 bits per heavy atom. The summed E-state index contributed by atoms with van der Waals surface area (Å²) in [7, 11) is 0. The lowest BCUT2D eigenvalue weighted by Gasteiger charge is -2.22. The van der Waals surface area contributed by atoms with Crippen molar-refractivity contribution < 1.29 is 4.52 Å². The molecule has 0 spiro atoms. The molecule has 1 saturated heterocycles. The normalized spacial score (nSPS) is 19.2. The summed E-state index contributed by atoms with van der Waals surface area (Å²) in [6, 6.07) is 11.5. The molecule has 3 heteroatoms. The van der Waals surface area contributed by atoms with Gasteiger partial charge in [-0.25, -0.2) is 0 Å². The standard InChI is InChI=1S/C19H26N2O/c1-4-15-7-9-16(10-8-15)13-21-11-5-6-18(21)19-12-17(14(2)3)20-22-19/h7-10,12,14,18H,4-6,11,13H2,1-3H3/t18-/m1/s1. The highest BCUT2D eigenvalue weighted by Gasteiger charge is 2.29. The maximum atomic E-state index is 5.62. The van der Waals surface area contributed by atoms with Crippen LogP contribution in [0.3, 0.4) is 0 Å². The van der Waals surface area contributed by atoms with E-state index in [1.165, 1.54) is 24.0 Å². The molecule has 0 bridgehead atoms. The van der Waals surface area contributed by atoms with Crippen molar-refractivity contribution in [3.63, 3.8) is 0 Å². The molecule has 0 unspecified atom stereocenters. The van der Waals surface area contributed by atoms with Crippen LogP contribution < -0.4 is 0 Å². The molecule has 1 aliphatic heterocycles. The Labute approximate surface area is 133 Å². The van der Waals surface area contributed by atoms with Crippen LogP contribution in [0.15, 0.2) is 34.9 Å². The summed E-state index contributed by atoms with van der Waals surface area (Å²) in [5, 5.41) is 4.22. The van der Waals surface area contributed by atoms with Crippen molar-refractivity contribution in [2.24, 2.45) is 0 Å². The SMILES string of the molecule is CCc1ccc(CN2CCC[C@@H]2c2cc(C(C)C)no2)cc1. The van der Waals surface area contributed by atoms with Crippen molar-refractivity contribution in [2.75, 3.05) is 6.54 Å². The van der Waals surface area contributed by atoms with Crippen molar-refractivity contribution in [2.45, 2.75) is 58.5 Å². The van der Waals surface area contributed by atoms with Gasteiger partial charge in [0.1, 0.15) is 0 Å². The molecule has 1 aromatic heterocycles. The summed E-state index contributed by atoms with van der Waals surface area (Å²) >= 11 is 0. The topological polar surface area (TPSA) is 29.3 Å². The predicted octanol–water partition coefficient (Wildman–Crippen LogP) is 4.70. The average Bonchev–Trinajstić information content (AvgIpc) is 3.16. The van der Waals surface area contributed by atoms with Crippen LogP contribution in [0.1, 0.15) is 68.2 Å². The first kappa shape index (κ1) is 15.3. The third kappa shape index (κ3) is 3.25. The Morgan fingerprint density at radius 3 is 2.59 bits per heavy atom. The Morgan fingerprint density at radius 1 is 1.23 bits per heavy atom. The number of benzene rings is 1. The number of aryl methyl sites for hydroxylation is 1. The second kappa shape index (κ2) is 6.66. The largest absolute Gasteiger partial charge is 0.359 e. The predicted molar refractivity (Wildman–Crippen MR) is 88.8 cm³/mol. The number of aromatic nitrogens is 1. The smallest absolute Gasteiger partial charge is 0.154 e. The fraction of sp³-hybridized carbons (Fsp3) is 0.526. The molecule has 0 N–H and O–H groups in total. The number of hydrogen-bond acceptors (Lipinski definition) is 3. The Kier molecular flexibility index (Phi) is 4.63. The van der Waals surface area contributed by atoms with Gasteiger partial charge in [0.2, 0.25) is 0 Å². The van der Waals surface area contributed by atoms with Crippen LogP contribution in [-0.4, -0.2) is 16.6 Å². The Bertz CT molecular complexity index is 600. The molecule has 2 heterocycles. The first-order valence-electron chi connectivity index (χ1n) is 8.45. The molecular weight excluding hydrogens is 272 g/mol. The van der Waals surface area contributed by atoms with E-state index in [-0.39, 0.29) is 0 Å². The lowest BCUT2D eigenvalue weighted by molar-refractivity contribution is 0.206. The van der Waals surface area contributed by atoms with Crippen LogP contribution in [0.2, 0.25) is 0 Å². The lowest BCUT2D eigenvalue weighted by Crippen LogP contribution is -2.22. The van der Waals surface area contributed by atoms with E-state index in [1.807, 2.05) is 0 Å². The van der Waals surface area contributed by atoms with E-state index in [4.69, 9.17) is 4.52 Å². The fourth-order valence-corrected chi connectivity index (χ4v) is 3.19. The van der Waals surface area contributed by atoms with E-state index in [0.29, 0.717) is 12.0 Å². The molecule has 1 atom stereocenters. The highest BCUT2D eigenvalue weighted by Crippen LogP contribution is 2.34. The van der Waals surface area contributed by atoms with Crippen LogP contribution in [0.5, 0.6) is 0 Å². The van der Waals surface area contributed by atoms with E-state index in [9.17, 15) is 0 Å². The second-order valence-electron chi connectivity index (χ2n) is 6.61. The molecule has 1 fully saturated rings. The molecule has 1 aliphatic rings. The van der Waals surface area contributed by atoms with E-state index >= 15 is 0 Å². The van der Waals surface area contributed by atoms with Crippen LogP contribution in [0, 0.1) is 0 Å². The van der Waals surface area contributed by atoms with Gasteiger partial charge in [0.15, 0.2) is 5.76 Å². The summed E-state index contributed by atoms with van der Waals surface area (Å²) in [4.78, 5) is 2.52. The maximum absolute atomic E-state index is 5.62. The minimum Gasteiger partial charge on any atom is -0.359 e. The van der Waals surface area contributed by atoms with Gasteiger partial charge in [-0.2, -0.15) is 0 Å². The van der Waals surface area contributed by atoms with Crippen LogP contribution in [-0.2, 0) is 13.0 Å².